The summed E-state index contributed by atoms with van der Waals surface area (Å²) in [5.41, 5.74) is 3.32. The van der Waals surface area contributed by atoms with Crippen LogP contribution in [0.3, 0.4) is 0 Å². The first kappa shape index (κ1) is 20.4. The summed E-state index contributed by atoms with van der Waals surface area (Å²) in [7, 11) is 0. The lowest BCUT2D eigenvalue weighted by Gasteiger charge is -2.35. The Balaban J connectivity index is 1.40. The molecule has 1 aliphatic heterocycles. The fraction of sp³-hybridized carbons (Fsp3) is 0.522. The number of hydrogen-bond acceptors (Lipinski definition) is 3. The normalized spacial score (nSPS) is 17.2. The highest BCUT2D eigenvalue weighted by Crippen LogP contribution is 2.40. The minimum absolute atomic E-state index is 0.00284. The van der Waals surface area contributed by atoms with Crippen molar-refractivity contribution in [3.63, 3.8) is 0 Å². The van der Waals surface area contributed by atoms with E-state index in [0.717, 1.165) is 29.8 Å². The van der Waals surface area contributed by atoms with E-state index in [9.17, 15) is 9.59 Å². The van der Waals surface area contributed by atoms with Gasteiger partial charge in [-0.1, -0.05) is 12.1 Å². The number of aryl methyl sites for hydroxylation is 1. The topological polar surface area (TPSA) is 70.5 Å². The number of aromatic nitrogens is 2. The third-order valence-electron chi connectivity index (χ3n) is 5.70. The van der Waals surface area contributed by atoms with Gasteiger partial charge in [0.05, 0.1) is 11.2 Å². The summed E-state index contributed by atoms with van der Waals surface area (Å²) in [4.78, 5) is 29.5. The van der Waals surface area contributed by atoms with Gasteiger partial charge in [-0.2, -0.15) is 5.10 Å². The molecule has 0 spiro atoms. The quantitative estimate of drug-likeness (QED) is 0.838. The molecule has 2 aromatic rings. The van der Waals surface area contributed by atoms with Crippen molar-refractivity contribution < 1.29 is 9.59 Å². The Morgan fingerprint density at radius 3 is 2.30 bits per heavy atom. The molecule has 4 rings (SSSR count). The maximum atomic E-state index is 13.3. The summed E-state index contributed by atoms with van der Waals surface area (Å²) < 4.78 is 1.87. The highest BCUT2D eigenvalue weighted by molar-refractivity contribution is 5.93. The van der Waals surface area contributed by atoms with Gasteiger partial charge in [0, 0.05) is 37.8 Å². The first-order chi connectivity index (χ1) is 14.2. The Bertz CT molecular complexity index is 947. The van der Waals surface area contributed by atoms with E-state index in [4.69, 9.17) is 5.10 Å². The van der Waals surface area contributed by atoms with Crippen LogP contribution in [-0.4, -0.2) is 57.7 Å². The van der Waals surface area contributed by atoms with Crippen molar-refractivity contribution in [3.8, 4) is 0 Å². The molecule has 30 heavy (non-hydrogen) atoms. The standard InChI is InChI=1S/C23H31N5O2/c1-16-6-5-7-18(14-16)24-22(30)27-12-10-26(11-13-27)21(29)20-15-19(17-8-9-17)25-28(20)23(2,3)4/h5-7,14-15,17H,8-13H2,1-4H3,(H,24,30). The molecule has 2 heterocycles. The number of urea groups is 1. The number of piperazine rings is 1. The molecule has 1 saturated carbocycles. The summed E-state index contributed by atoms with van der Waals surface area (Å²) in [6.45, 7) is 10.3. The van der Waals surface area contributed by atoms with Crippen LogP contribution in [0.5, 0.6) is 0 Å². The number of amides is 3. The van der Waals surface area contributed by atoms with Crippen LogP contribution in [0.2, 0.25) is 0 Å². The Labute approximate surface area is 178 Å². The molecule has 0 unspecified atom stereocenters. The second kappa shape index (κ2) is 7.78. The van der Waals surface area contributed by atoms with Crippen molar-refractivity contribution in [1.82, 2.24) is 19.6 Å². The molecule has 2 fully saturated rings. The van der Waals surface area contributed by atoms with Crippen LogP contribution in [-0.2, 0) is 5.54 Å². The SMILES string of the molecule is Cc1cccc(NC(=O)N2CCN(C(=O)c3cc(C4CC4)nn3C(C)(C)C)CC2)c1. The van der Waals surface area contributed by atoms with E-state index in [1.165, 1.54) is 0 Å². The molecule has 1 N–H and O–H groups in total. The number of carbonyl (C=O) groups excluding carboxylic acids is 2. The molecule has 0 radical (unpaired) electrons. The van der Waals surface area contributed by atoms with E-state index in [1.54, 1.807) is 4.90 Å². The fourth-order valence-corrected chi connectivity index (χ4v) is 3.84. The Hall–Kier alpha value is -2.83. The lowest BCUT2D eigenvalue weighted by molar-refractivity contribution is 0.0652. The molecule has 0 bridgehead atoms. The minimum atomic E-state index is -0.256. The Morgan fingerprint density at radius 2 is 1.70 bits per heavy atom. The van der Waals surface area contributed by atoms with Crippen LogP contribution in [0, 0.1) is 6.92 Å². The molecule has 2 aliphatic rings. The first-order valence-corrected chi connectivity index (χ1v) is 10.7. The molecule has 1 aliphatic carbocycles. The molecule has 1 aromatic carbocycles. The van der Waals surface area contributed by atoms with E-state index in [1.807, 2.05) is 46.8 Å². The maximum absolute atomic E-state index is 13.3. The third-order valence-corrected chi connectivity index (χ3v) is 5.70. The van der Waals surface area contributed by atoms with Crippen molar-refractivity contribution in [2.24, 2.45) is 0 Å². The minimum Gasteiger partial charge on any atom is -0.334 e. The first-order valence-electron chi connectivity index (χ1n) is 10.7. The predicted molar refractivity (Wildman–Crippen MR) is 117 cm³/mol. The third kappa shape index (κ3) is 4.35. The van der Waals surface area contributed by atoms with Gasteiger partial charge in [0.2, 0.25) is 0 Å². The van der Waals surface area contributed by atoms with Crippen molar-refractivity contribution in [2.75, 3.05) is 31.5 Å². The smallest absolute Gasteiger partial charge is 0.321 e. The van der Waals surface area contributed by atoms with E-state index < -0.39 is 0 Å². The number of carbonyl (C=O) groups is 2. The summed E-state index contributed by atoms with van der Waals surface area (Å²) in [6.07, 6.45) is 2.31. The van der Waals surface area contributed by atoms with E-state index in [2.05, 4.69) is 26.1 Å². The van der Waals surface area contributed by atoms with Gasteiger partial charge in [-0.05, 0) is 64.3 Å². The van der Waals surface area contributed by atoms with Gasteiger partial charge in [0.15, 0.2) is 0 Å². The second-order valence-electron chi connectivity index (χ2n) is 9.39. The van der Waals surface area contributed by atoms with Gasteiger partial charge in [-0.15, -0.1) is 0 Å². The number of hydrogen-bond donors (Lipinski definition) is 1. The van der Waals surface area contributed by atoms with Gasteiger partial charge in [-0.3, -0.25) is 9.48 Å². The molecule has 7 heteroatoms. The van der Waals surface area contributed by atoms with E-state index in [-0.39, 0.29) is 17.5 Å². The van der Waals surface area contributed by atoms with Crippen LogP contribution in [0.25, 0.3) is 0 Å². The van der Waals surface area contributed by atoms with Crippen LogP contribution in [0.15, 0.2) is 30.3 Å². The number of anilines is 1. The predicted octanol–water partition coefficient (Wildman–Crippen LogP) is 3.81. The lowest BCUT2D eigenvalue weighted by Crippen LogP contribution is -2.52. The second-order valence-corrected chi connectivity index (χ2v) is 9.39. The van der Waals surface area contributed by atoms with Crippen LogP contribution in [0.4, 0.5) is 10.5 Å². The van der Waals surface area contributed by atoms with Crippen LogP contribution >= 0.6 is 0 Å². The number of rotatable bonds is 3. The lowest BCUT2D eigenvalue weighted by atomic mass is 10.1. The number of nitrogens with zero attached hydrogens (tertiary/aromatic N) is 4. The Kier molecular flexibility index (Phi) is 5.30. The van der Waals surface area contributed by atoms with Gasteiger partial charge >= 0.3 is 6.03 Å². The Morgan fingerprint density at radius 1 is 1.03 bits per heavy atom. The van der Waals surface area contributed by atoms with Gasteiger partial charge in [-0.25, -0.2) is 4.79 Å². The maximum Gasteiger partial charge on any atom is 0.321 e. The monoisotopic (exact) mass is 409 g/mol. The van der Waals surface area contributed by atoms with Crippen molar-refractivity contribution in [1.29, 1.82) is 0 Å². The van der Waals surface area contributed by atoms with Crippen molar-refractivity contribution in [2.45, 2.75) is 52.0 Å². The van der Waals surface area contributed by atoms with Crippen molar-refractivity contribution >= 4 is 17.6 Å². The zero-order valence-electron chi connectivity index (χ0n) is 18.3. The highest BCUT2D eigenvalue weighted by Gasteiger charge is 2.33. The zero-order chi connectivity index (χ0) is 21.5. The van der Waals surface area contributed by atoms with Crippen molar-refractivity contribution in [3.05, 3.63) is 47.3 Å². The summed E-state index contributed by atoms with van der Waals surface area (Å²) in [5.74, 6) is 0.505. The van der Waals surface area contributed by atoms with Crippen LogP contribution in [0.1, 0.15) is 61.3 Å². The summed E-state index contributed by atoms with van der Waals surface area (Å²) in [5, 5.41) is 7.70. The average Bonchev–Trinajstić information content (AvgIpc) is 3.44. The zero-order valence-corrected chi connectivity index (χ0v) is 18.3. The van der Waals surface area contributed by atoms with Gasteiger partial charge < -0.3 is 15.1 Å². The van der Waals surface area contributed by atoms with Gasteiger partial charge in [0.1, 0.15) is 5.69 Å². The molecular formula is C23H31N5O2. The van der Waals surface area contributed by atoms with Crippen LogP contribution < -0.4 is 5.32 Å². The molecule has 3 amide bonds. The van der Waals surface area contributed by atoms with E-state index >= 15 is 0 Å². The number of benzene rings is 1. The van der Waals surface area contributed by atoms with Gasteiger partial charge in [0.25, 0.3) is 5.91 Å². The summed E-state index contributed by atoms with van der Waals surface area (Å²) in [6, 6.07) is 9.61. The average molecular weight is 410 g/mol. The van der Waals surface area contributed by atoms with E-state index in [0.29, 0.717) is 37.8 Å². The largest absolute Gasteiger partial charge is 0.334 e. The highest BCUT2D eigenvalue weighted by atomic mass is 16.2. The fourth-order valence-electron chi connectivity index (χ4n) is 3.84. The summed E-state index contributed by atoms with van der Waals surface area (Å²) >= 11 is 0. The number of nitrogens with one attached hydrogen (secondary N) is 1. The molecule has 160 valence electrons. The molecular weight excluding hydrogens is 378 g/mol. The molecule has 1 aromatic heterocycles. The molecule has 0 atom stereocenters. The molecule has 1 saturated heterocycles. The molecule has 7 nitrogen and oxygen atoms in total.